The summed E-state index contributed by atoms with van der Waals surface area (Å²) in [6.45, 7) is 2.92. The van der Waals surface area contributed by atoms with Gasteiger partial charge in [-0.1, -0.05) is 0 Å². The summed E-state index contributed by atoms with van der Waals surface area (Å²) in [5.74, 6) is -0.168. The molecule has 32 heavy (non-hydrogen) atoms. The summed E-state index contributed by atoms with van der Waals surface area (Å²) in [7, 11) is 0. The van der Waals surface area contributed by atoms with E-state index in [0.29, 0.717) is 37.6 Å². The Morgan fingerprint density at radius 3 is 2.59 bits per heavy atom. The van der Waals surface area contributed by atoms with Gasteiger partial charge in [-0.15, -0.1) is 0 Å². The Kier molecular flexibility index (Phi) is 5.73. The van der Waals surface area contributed by atoms with Crippen molar-refractivity contribution in [1.82, 2.24) is 4.90 Å². The van der Waals surface area contributed by atoms with Gasteiger partial charge < -0.3 is 19.6 Å². The van der Waals surface area contributed by atoms with Crippen molar-refractivity contribution in [2.24, 2.45) is 5.41 Å². The number of hydrogen-bond donors (Lipinski definition) is 1. The maximum absolute atomic E-state index is 15.2. The predicted octanol–water partition coefficient (Wildman–Crippen LogP) is 3.29. The summed E-state index contributed by atoms with van der Waals surface area (Å²) < 4.78 is 20.2. The fraction of sp³-hybridized carbons (Fsp3) is 0.667. The average molecular weight is 446 g/mol. The predicted molar refractivity (Wildman–Crippen MR) is 118 cm³/mol. The molecule has 4 aliphatic rings. The summed E-state index contributed by atoms with van der Waals surface area (Å²) in [5, 5.41) is 9.81. The Morgan fingerprint density at radius 1 is 1.03 bits per heavy atom. The molecule has 1 aromatic carbocycles. The zero-order valence-electron chi connectivity index (χ0n) is 18.5. The maximum Gasteiger partial charge on any atom is 0.414 e. The summed E-state index contributed by atoms with van der Waals surface area (Å²) in [5.41, 5.74) is 0.548. The Hall–Kier alpha value is -2.35. The molecule has 1 spiro atoms. The normalized spacial score (nSPS) is 31.4. The highest BCUT2D eigenvalue weighted by atomic mass is 19.1. The van der Waals surface area contributed by atoms with E-state index in [0.717, 1.165) is 57.9 Å². The quantitative estimate of drug-likeness (QED) is 0.773. The highest BCUT2D eigenvalue weighted by Gasteiger charge is 2.50. The topological polar surface area (TPSA) is 73.3 Å². The first-order valence-corrected chi connectivity index (χ1v) is 11.9. The number of likely N-dealkylation sites (tertiary alicyclic amines) is 1. The molecule has 174 valence electrons. The Bertz CT molecular complexity index is 888. The lowest BCUT2D eigenvalue weighted by Crippen LogP contribution is -2.50. The lowest BCUT2D eigenvalue weighted by atomic mass is 9.78. The third-order valence-corrected chi connectivity index (χ3v) is 7.79. The van der Waals surface area contributed by atoms with Crippen molar-refractivity contribution in [2.75, 3.05) is 42.6 Å². The van der Waals surface area contributed by atoms with Gasteiger partial charge in [0.15, 0.2) is 0 Å². The molecule has 8 heteroatoms. The van der Waals surface area contributed by atoms with Crippen molar-refractivity contribution in [2.45, 2.75) is 63.5 Å². The van der Waals surface area contributed by atoms with Gasteiger partial charge in [-0.3, -0.25) is 9.69 Å². The van der Waals surface area contributed by atoms with Gasteiger partial charge in [0, 0.05) is 32.2 Å². The first-order chi connectivity index (χ1) is 15.5. The van der Waals surface area contributed by atoms with E-state index in [-0.39, 0.29) is 23.9 Å². The molecule has 3 saturated heterocycles. The smallest absolute Gasteiger partial charge is 0.414 e. The number of hydrogen-bond acceptors (Lipinski definition) is 5. The van der Waals surface area contributed by atoms with Crippen LogP contribution in [-0.2, 0) is 9.53 Å². The van der Waals surface area contributed by atoms with Crippen molar-refractivity contribution in [3.8, 4) is 0 Å². The molecule has 3 heterocycles. The van der Waals surface area contributed by atoms with Crippen LogP contribution >= 0.6 is 0 Å². The van der Waals surface area contributed by atoms with Crippen LogP contribution < -0.4 is 9.80 Å². The van der Waals surface area contributed by atoms with E-state index < -0.39 is 11.5 Å². The molecule has 1 atom stereocenters. The highest BCUT2D eigenvalue weighted by Crippen LogP contribution is 2.44. The molecule has 0 bridgehead atoms. The number of halogens is 1. The maximum atomic E-state index is 15.2. The monoisotopic (exact) mass is 445 g/mol. The second kappa shape index (κ2) is 8.54. The van der Waals surface area contributed by atoms with Crippen LogP contribution in [0.4, 0.5) is 20.6 Å². The number of carbonyl (C=O) groups excluding carboxylic acids is 2. The van der Waals surface area contributed by atoms with E-state index in [1.165, 1.54) is 11.0 Å². The molecule has 3 aliphatic heterocycles. The number of benzene rings is 1. The Labute approximate surface area is 188 Å². The summed E-state index contributed by atoms with van der Waals surface area (Å²) in [6, 6.07) is 5.12. The molecule has 1 N–H and O–H groups in total. The third-order valence-electron chi connectivity index (χ3n) is 7.79. The van der Waals surface area contributed by atoms with Crippen molar-refractivity contribution >= 4 is 23.4 Å². The number of aliphatic hydroxyl groups excluding tert-OH is 1. The number of rotatable bonds is 3. The molecule has 4 fully saturated rings. The minimum absolute atomic E-state index is 0.205. The van der Waals surface area contributed by atoms with E-state index in [1.807, 2.05) is 9.80 Å². The van der Waals surface area contributed by atoms with Crippen LogP contribution in [0, 0.1) is 11.2 Å². The van der Waals surface area contributed by atoms with E-state index in [1.54, 1.807) is 12.1 Å². The van der Waals surface area contributed by atoms with Gasteiger partial charge in [0.1, 0.15) is 5.82 Å². The lowest BCUT2D eigenvalue weighted by molar-refractivity contribution is -0.139. The minimum atomic E-state index is -0.448. The van der Waals surface area contributed by atoms with E-state index in [9.17, 15) is 14.7 Å². The number of aliphatic hydroxyl groups is 1. The van der Waals surface area contributed by atoms with Gasteiger partial charge >= 0.3 is 6.09 Å². The first kappa shape index (κ1) is 21.5. The highest BCUT2D eigenvalue weighted by molar-refractivity contribution is 5.89. The molecule has 2 amide bonds. The minimum Gasteiger partial charge on any atom is -0.449 e. The first-order valence-electron chi connectivity index (χ1n) is 11.9. The average Bonchev–Trinajstić information content (AvgIpc) is 3.10. The second-order valence-corrected chi connectivity index (χ2v) is 9.77. The van der Waals surface area contributed by atoms with Crippen LogP contribution in [0.2, 0.25) is 0 Å². The van der Waals surface area contributed by atoms with Gasteiger partial charge in [-0.2, -0.15) is 0 Å². The molecular weight excluding hydrogens is 413 g/mol. The molecule has 0 radical (unpaired) electrons. The molecule has 1 aliphatic carbocycles. The van der Waals surface area contributed by atoms with Crippen molar-refractivity contribution in [1.29, 1.82) is 0 Å². The van der Waals surface area contributed by atoms with Crippen LogP contribution in [0.1, 0.15) is 51.4 Å². The zero-order valence-corrected chi connectivity index (χ0v) is 18.5. The number of amides is 2. The number of piperidine rings is 1. The van der Waals surface area contributed by atoms with E-state index in [4.69, 9.17) is 4.74 Å². The van der Waals surface area contributed by atoms with E-state index in [2.05, 4.69) is 0 Å². The number of anilines is 2. The molecule has 7 nitrogen and oxygen atoms in total. The third kappa shape index (κ3) is 3.83. The molecule has 0 aromatic heterocycles. The Balaban J connectivity index is 1.31. The van der Waals surface area contributed by atoms with Gasteiger partial charge in [-0.25, -0.2) is 9.18 Å². The number of ether oxygens (including phenoxy) is 1. The standard InChI is InChI=1S/C24H32FN3O4/c25-20-15-18(28-12-2-14-32-23(28)31)5-8-21(20)26-11-1-9-24(16-26)10-13-27(22(24)30)17-3-6-19(29)7-4-17/h5,8,15,17,19,29H,1-4,6-7,9-14,16H2/t17-,19-,24-/m0/s1. The lowest BCUT2D eigenvalue weighted by Gasteiger charge is -2.41. The van der Waals surface area contributed by atoms with Crippen molar-refractivity contribution < 1.29 is 23.8 Å². The molecule has 0 unspecified atom stereocenters. The van der Waals surface area contributed by atoms with Crippen LogP contribution in [0.5, 0.6) is 0 Å². The van der Waals surface area contributed by atoms with Crippen LogP contribution in [0.25, 0.3) is 0 Å². The van der Waals surface area contributed by atoms with Gasteiger partial charge in [0.05, 0.1) is 29.5 Å². The molecule has 1 saturated carbocycles. The number of nitrogens with zero attached hydrogens (tertiary/aromatic N) is 3. The van der Waals surface area contributed by atoms with Crippen molar-refractivity contribution in [3.63, 3.8) is 0 Å². The second-order valence-electron chi connectivity index (χ2n) is 9.77. The largest absolute Gasteiger partial charge is 0.449 e. The van der Waals surface area contributed by atoms with Crippen LogP contribution in [0.15, 0.2) is 18.2 Å². The number of cyclic esters (lactones) is 1. The van der Waals surface area contributed by atoms with Gasteiger partial charge in [0.25, 0.3) is 0 Å². The number of carbonyl (C=O) groups is 2. The fourth-order valence-corrected chi connectivity index (χ4v) is 5.99. The summed E-state index contributed by atoms with van der Waals surface area (Å²) in [6.07, 6.45) is 5.79. The summed E-state index contributed by atoms with van der Waals surface area (Å²) >= 11 is 0. The van der Waals surface area contributed by atoms with Gasteiger partial charge in [-0.05, 0) is 69.6 Å². The van der Waals surface area contributed by atoms with Crippen LogP contribution in [0.3, 0.4) is 0 Å². The van der Waals surface area contributed by atoms with E-state index >= 15 is 4.39 Å². The van der Waals surface area contributed by atoms with Crippen molar-refractivity contribution in [3.05, 3.63) is 24.0 Å². The van der Waals surface area contributed by atoms with Gasteiger partial charge in [0.2, 0.25) is 5.91 Å². The SMILES string of the molecule is O=C1OCCCN1c1ccc(N2CCC[C@]3(CCN([C@H]4CC[C@H](O)CC4)C3=O)C2)c(F)c1. The Morgan fingerprint density at radius 2 is 1.84 bits per heavy atom. The molecular formula is C24H32FN3O4. The molecule has 1 aromatic rings. The summed E-state index contributed by atoms with van der Waals surface area (Å²) in [4.78, 5) is 31.0. The van der Waals surface area contributed by atoms with Crippen LogP contribution in [-0.4, -0.2) is 66.9 Å². The molecule has 5 rings (SSSR count). The fourth-order valence-electron chi connectivity index (χ4n) is 5.99. The zero-order chi connectivity index (χ0) is 22.3.